The summed E-state index contributed by atoms with van der Waals surface area (Å²) in [7, 11) is 0. The van der Waals surface area contributed by atoms with Crippen molar-refractivity contribution in [2.24, 2.45) is 0 Å². The Morgan fingerprint density at radius 3 is 1.41 bits per heavy atom. The number of aliphatic hydroxyl groups is 1. The van der Waals surface area contributed by atoms with Crippen LogP contribution in [0.3, 0.4) is 0 Å². The molecule has 0 saturated heterocycles. The molecule has 0 aliphatic heterocycles. The summed E-state index contributed by atoms with van der Waals surface area (Å²) >= 11 is 0. The molecule has 3 nitrogen and oxygen atoms in total. The molecule has 0 aliphatic carbocycles. The molecule has 0 amide bonds. The van der Waals surface area contributed by atoms with Crippen molar-refractivity contribution in [3.8, 4) is 0 Å². The van der Waals surface area contributed by atoms with Gasteiger partial charge in [0.1, 0.15) is 0 Å². The molecule has 0 rings (SSSR count). The van der Waals surface area contributed by atoms with Crippen molar-refractivity contribution >= 4 is 54.9 Å². The average molecular weight is 440 g/mol. The van der Waals surface area contributed by atoms with Crippen LogP contribution in [0, 0.1) is 0 Å². The van der Waals surface area contributed by atoms with E-state index in [0.717, 1.165) is 12.8 Å². The standard InChI is InChI=1S/C18H36O3.Ba.2H/c1-2-3-4-5-6-7-8-9-10-11-12-13-14-15-16-17(19)18(20)21;;;/h17,19H,2-16H2,1H3,(H,20,21);;;/q;+2;2*-1. The second-order valence-corrected chi connectivity index (χ2v) is 6.24. The summed E-state index contributed by atoms with van der Waals surface area (Å²) in [6.07, 6.45) is 17.3. The predicted molar refractivity (Wildman–Crippen MR) is 96.5 cm³/mol. The van der Waals surface area contributed by atoms with Crippen molar-refractivity contribution < 1.29 is 17.9 Å². The van der Waals surface area contributed by atoms with E-state index in [2.05, 4.69) is 6.92 Å². The Hall–Kier alpha value is 1.00. The first-order valence-electron chi connectivity index (χ1n) is 9.09. The Morgan fingerprint density at radius 1 is 0.773 bits per heavy atom. The normalized spacial score (nSPS) is 11.9. The first-order chi connectivity index (χ1) is 10.2. The fourth-order valence-electron chi connectivity index (χ4n) is 2.66. The number of hydrogen-bond donors (Lipinski definition) is 2. The van der Waals surface area contributed by atoms with Crippen LogP contribution in [-0.4, -0.2) is 71.2 Å². The number of carbonyl (C=O) groups is 1. The summed E-state index contributed by atoms with van der Waals surface area (Å²) < 4.78 is 0. The van der Waals surface area contributed by atoms with Crippen LogP contribution in [0.5, 0.6) is 0 Å². The molecule has 0 aromatic carbocycles. The van der Waals surface area contributed by atoms with Gasteiger partial charge in [-0.2, -0.15) is 0 Å². The Bertz CT molecular complexity index is 244. The molecular weight excluding hydrogens is 402 g/mol. The first kappa shape index (κ1) is 25.2. The molecule has 0 aromatic heterocycles. The minimum atomic E-state index is -1.16. The molecule has 0 spiro atoms. The minimum Gasteiger partial charge on any atom is -1.00 e. The summed E-state index contributed by atoms with van der Waals surface area (Å²) in [4.78, 5) is 10.4. The van der Waals surface area contributed by atoms with Gasteiger partial charge in [0.15, 0.2) is 6.10 Å². The number of carboxylic acids is 1. The van der Waals surface area contributed by atoms with E-state index in [1.165, 1.54) is 77.0 Å². The molecule has 1 atom stereocenters. The number of hydrogen-bond acceptors (Lipinski definition) is 2. The quantitative estimate of drug-likeness (QED) is 0.258. The summed E-state index contributed by atoms with van der Waals surface area (Å²) in [6, 6.07) is 0. The topological polar surface area (TPSA) is 57.5 Å². The predicted octanol–water partition coefficient (Wildman–Crippen LogP) is 5.15. The third kappa shape index (κ3) is 19.0. The van der Waals surface area contributed by atoms with E-state index in [1.807, 2.05) is 0 Å². The molecule has 4 heteroatoms. The van der Waals surface area contributed by atoms with Gasteiger partial charge in [0.25, 0.3) is 0 Å². The smallest absolute Gasteiger partial charge is 1.00 e. The van der Waals surface area contributed by atoms with Crippen molar-refractivity contribution in [3.05, 3.63) is 0 Å². The van der Waals surface area contributed by atoms with E-state index in [9.17, 15) is 4.79 Å². The monoisotopic (exact) mass is 440 g/mol. The SMILES string of the molecule is CCCCCCCCCCCCCCCCC(O)C(=O)O.[Ba+2].[H-].[H-]. The molecule has 0 aromatic rings. The van der Waals surface area contributed by atoms with Crippen LogP contribution < -0.4 is 0 Å². The van der Waals surface area contributed by atoms with Gasteiger partial charge in [-0.1, -0.05) is 96.8 Å². The van der Waals surface area contributed by atoms with E-state index >= 15 is 0 Å². The Balaban J connectivity index is -0.000000667. The average Bonchev–Trinajstić information content (AvgIpc) is 2.47. The van der Waals surface area contributed by atoms with E-state index in [4.69, 9.17) is 10.2 Å². The largest absolute Gasteiger partial charge is 2.00 e. The van der Waals surface area contributed by atoms with Crippen LogP contribution in [-0.2, 0) is 4.79 Å². The van der Waals surface area contributed by atoms with Crippen molar-refractivity contribution in [3.63, 3.8) is 0 Å². The molecule has 0 bridgehead atoms. The van der Waals surface area contributed by atoms with Crippen molar-refractivity contribution in [2.45, 2.75) is 109 Å². The molecule has 0 saturated carbocycles. The van der Waals surface area contributed by atoms with Crippen LogP contribution in [0.25, 0.3) is 0 Å². The summed E-state index contributed by atoms with van der Waals surface area (Å²) in [6.45, 7) is 2.26. The maximum absolute atomic E-state index is 10.4. The summed E-state index contributed by atoms with van der Waals surface area (Å²) in [5.74, 6) is -1.09. The van der Waals surface area contributed by atoms with Gasteiger partial charge in [-0.3, -0.25) is 0 Å². The van der Waals surface area contributed by atoms with Crippen LogP contribution in [0.2, 0.25) is 0 Å². The number of carboxylic acid groups (broad SMARTS) is 1. The Kier molecular flexibility index (Phi) is 23.0. The van der Waals surface area contributed by atoms with Crippen LogP contribution >= 0.6 is 0 Å². The van der Waals surface area contributed by atoms with Gasteiger partial charge in [-0.25, -0.2) is 4.79 Å². The van der Waals surface area contributed by atoms with E-state index in [-0.39, 0.29) is 51.7 Å². The molecule has 0 heterocycles. The van der Waals surface area contributed by atoms with Gasteiger partial charge in [0, 0.05) is 0 Å². The molecule has 0 aliphatic rings. The Labute approximate surface area is 180 Å². The molecule has 130 valence electrons. The van der Waals surface area contributed by atoms with Crippen LogP contribution in [0.15, 0.2) is 0 Å². The zero-order valence-corrected chi connectivity index (χ0v) is 19.1. The molecule has 22 heavy (non-hydrogen) atoms. The fourth-order valence-corrected chi connectivity index (χ4v) is 2.66. The minimum absolute atomic E-state index is 0. The molecule has 0 fully saturated rings. The van der Waals surface area contributed by atoms with Gasteiger partial charge in [-0.05, 0) is 6.42 Å². The number of aliphatic hydroxyl groups excluding tert-OH is 1. The van der Waals surface area contributed by atoms with E-state index < -0.39 is 12.1 Å². The van der Waals surface area contributed by atoms with E-state index in [0.29, 0.717) is 6.42 Å². The zero-order chi connectivity index (χ0) is 15.8. The second-order valence-electron chi connectivity index (χ2n) is 6.24. The van der Waals surface area contributed by atoms with E-state index in [1.54, 1.807) is 0 Å². The van der Waals surface area contributed by atoms with Gasteiger partial charge in [0.2, 0.25) is 0 Å². The molecule has 2 N–H and O–H groups in total. The summed E-state index contributed by atoms with van der Waals surface area (Å²) in [5.41, 5.74) is 0. The van der Waals surface area contributed by atoms with Gasteiger partial charge in [-0.15, -0.1) is 0 Å². The van der Waals surface area contributed by atoms with Crippen LogP contribution in [0.1, 0.15) is 106 Å². The Morgan fingerprint density at radius 2 is 1.09 bits per heavy atom. The van der Waals surface area contributed by atoms with Gasteiger partial charge >= 0.3 is 54.9 Å². The second kappa shape index (κ2) is 20.0. The fraction of sp³-hybridized carbons (Fsp3) is 0.944. The van der Waals surface area contributed by atoms with Crippen molar-refractivity contribution in [1.29, 1.82) is 0 Å². The number of unbranched alkanes of at least 4 members (excludes halogenated alkanes) is 13. The summed E-state index contributed by atoms with van der Waals surface area (Å²) in [5, 5.41) is 17.7. The van der Waals surface area contributed by atoms with Crippen molar-refractivity contribution in [1.82, 2.24) is 0 Å². The third-order valence-corrected chi connectivity index (χ3v) is 4.12. The van der Waals surface area contributed by atoms with Crippen molar-refractivity contribution in [2.75, 3.05) is 0 Å². The third-order valence-electron chi connectivity index (χ3n) is 4.12. The van der Waals surface area contributed by atoms with Gasteiger partial charge < -0.3 is 13.1 Å². The molecular formula is C18H38BaO3. The first-order valence-corrected chi connectivity index (χ1v) is 9.09. The maximum atomic E-state index is 10.4. The number of aliphatic carboxylic acids is 1. The zero-order valence-electron chi connectivity index (χ0n) is 16.7. The molecule has 0 radical (unpaired) electrons. The number of rotatable bonds is 16. The maximum Gasteiger partial charge on any atom is 2.00 e. The molecule has 1 unspecified atom stereocenters. The van der Waals surface area contributed by atoms with Crippen LogP contribution in [0.4, 0.5) is 0 Å². The van der Waals surface area contributed by atoms with Gasteiger partial charge in [0.05, 0.1) is 0 Å².